The molecular weight excluding hydrogens is 266 g/mol. The molecule has 1 saturated heterocycles. The van der Waals surface area contributed by atoms with Gasteiger partial charge in [0.25, 0.3) is 0 Å². The molecule has 1 aromatic carbocycles. The van der Waals surface area contributed by atoms with Crippen molar-refractivity contribution < 1.29 is 0 Å². The molecule has 1 unspecified atom stereocenters. The first-order valence-corrected chi connectivity index (χ1v) is 8.17. The number of rotatable bonds is 5. The molecule has 3 rings (SSSR count). The van der Waals surface area contributed by atoms with Crippen LogP contribution in [-0.4, -0.2) is 23.0 Å². The zero-order valence-electron chi connectivity index (χ0n) is 11.9. The van der Waals surface area contributed by atoms with Crippen LogP contribution >= 0.6 is 11.3 Å². The Morgan fingerprint density at radius 2 is 2.10 bits per heavy atom. The highest BCUT2D eigenvalue weighted by atomic mass is 32.1. The largest absolute Gasteiger partial charge is 0.376 e. The van der Waals surface area contributed by atoms with Gasteiger partial charge in [-0.3, -0.25) is 4.90 Å². The first-order chi connectivity index (χ1) is 9.83. The molecule has 0 saturated carbocycles. The third-order valence-corrected chi connectivity index (χ3v) is 4.76. The molecular formula is C16H21N3S. The molecule has 0 bridgehead atoms. The zero-order valence-corrected chi connectivity index (χ0v) is 12.7. The molecule has 20 heavy (non-hydrogen) atoms. The predicted molar refractivity (Wildman–Crippen MR) is 85.1 cm³/mol. The minimum atomic E-state index is 0.259. The number of likely N-dealkylation sites (tertiary alicyclic amines) is 1. The van der Waals surface area contributed by atoms with E-state index in [0.717, 1.165) is 11.6 Å². The molecule has 1 atom stereocenters. The van der Waals surface area contributed by atoms with E-state index in [1.807, 2.05) is 11.6 Å². The zero-order chi connectivity index (χ0) is 13.8. The second-order valence-electron chi connectivity index (χ2n) is 5.38. The van der Waals surface area contributed by atoms with Crippen LogP contribution in [0.4, 0.5) is 5.69 Å². The Labute approximate surface area is 124 Å². The van der Waals surface area contributed by atoms with Gasteiger partial charge >= 0.3 is 0 Å². The van der Waals surface area contributed by atoms with E-state index in [0.29, 0.717) is 0 Å². The van der Waals surface area contributed by atoms with E-state index >= 15 is 0 Å². The SMILES string of the molecule is CC(Nc1ccccc1CN1CCCC1)c1nccs1. The fraction of sp³-hybridized carbons (Fsp3) is 0.438. The molecule has 3 nitrogen and oxygen atoms in total. The molecule has 4 heteroatoms. The van der Waals surface area contributed by atoms with Gasteiger partial charge in [-0.15, -0.1) is 11.3 Å². The van der Waals surface area contributed by atoms with Gasteiger partial charge in [0.2, 0.25) is 0 Å². The molecule has 0 radical (unpaired) electrons. The number of para-hydroxylation sites is 1. The van der Waals surface area contributed by atoms with Crippen molar-refractivity contribution in [3.05, 3.63) is 46.4 Å². The Morgan fingerprint density at radius 3 is 2.85 bits per heavy atom. The number of thiazole rings is 1. The summed E-state index contributed by atoms with van der Waals surface area (Å²) >= 11 is 1.71. The molecule has 1 N–H and O–H groups in total. The molecule has 0 spiro atoms. The maximum atomic E-state index is 4.39. The molecule has 1 aliphatic heterocycles. The van der Waals surface area contributed by atoms with E-state index < -0.39 is 0 Å². The number of anilines is 1. The summed E-state index contributed by atoms with van der Waals surface area (Å²) in [5.74, 6) is 0. The Hall–Kier alpha value is -1.39. The smallest absolute Gasteiger partial charge is 0.115 e. The van der Waals surface area contributed by atoms with Crippen LogP contribution in [0.15, 0.2) is 35.8 Å². The van der Waals surface area contributed by atoms with Crippen molar-refractivity contribution in [3.63, 3.8) is 0 Å². The first kappa shape index (κ1) is 13.6. The summed E-state index contributed by atoms with van der Waals surface area (Å²) in [6.07, 6.45) is 4.55. The van der Waals surface area contributed by atoms with Crippen LogP contribution in [-0.2, 0) is 6.54 Å². The highest BCUT2D eigenvalue weighted by molar-refractivity contribution is 7.09. The van der Waals surface area contributed by atoms with Crippen LogP contribution in [0.25, 0.3) is 0 Å². The number of hydrogen-bond acceptors (Lipinski definition) is 4. The summed E-state index contributed by atoms with van der Waals surface area (Å²) in [5.41, 5.74) is 2.62. The van der Waals surface area contributed by atoms with Crippen LogP contribution in [0.2, 0.25) is 0 Å². The van der Waals surface area contributed by atoms with Crippen molar-refractivity contribution in [3.8, 4) is 0 Å². The molecule has 0 amide bonds. The van der Waals surface area contributed by atoms with E-state index in [1.54, 1.807) is 11.3 Å². The Kier molecular flexibility index (Phi) is 4.33. The van der Waals surface area contributed by atoms with E-state index in [4.69, 9.17) is 0 Å². The van der Waals surface area contributed by atoms with Gasteiger partial charge < -0.3 is 5.32 Å². The van der Waals surface area contributed by atoms with E-state index in [2.05, 4.69) is 46.4 Å². The predicted octanol–water partition coefficient (Wildman–Crippen LogP) is 3.91. The quantitative estimate of drug-likeness (QED) is 0.903. The number of nitrogens with zero attached hydrogens (tertiary/aromatic N) is 2. The van der Waals surface area contributed by atoms with Crippen molar-refractivity contribution in [1.82, 2.24) is 9.88 Å². The van der Waals surface area contributed by atoms with Crippen molar-refractivity contribution >= 4 is 17.0 Å². The lowest BCUT2D eigenvalue weighted by molar-refractivity contribution is 0.332. The molecule has 2 heterocycles. The van der Waals surface area contributed by atoms with E-state index in [-0.39, 0.29) is 6.04 Å². The number of aromatic nitrogens is 1. The summed E-state index contributed by atoms with van der Waals surface area (Å²) in [4.78, 5) is 6.93. The van der Waals surface area contributed by atoms with Gasteiger partial charge in [-0.05, 0) is 44.5 Å². The number of benzene rings is 1. The molecule has 0 aliphatic carbocycles. The van der Waals surface area contributed by atoms with Crippen LogP contribution in [0.3, 0.4) is 0 Å². The van der Waals surface area contributed by atoms with Crippen molar-refractivity contribution in [2.75, 3.05) is 18.4 Å². The van der Waals surface area contributed by atoms with Gasteiger partial charge in [0.15, 0.2) is 0 Å². The minimum absolute atomic E-state index is 0.259. The average molecular weight is 287 g/mol. The Bertz CT molecular complexity index is 532. The van der Waals surface area contributed by atoms with E-state index in [9.17, 15) is 0 Å². The lowest BCUT2D eigenvalue weighted by Gasteiger charge is -2.20. The monoisotopic (exact) mass is 287 g/mol. The van der Waals surface area contributed by atoms with Crippen LogP contribution in [0.1, 0.15) is 36.4 Å². The topological polar surface area (TPSA) is 28.2 Å². The first-order valence-electron chi connectivity index (χ1n) is 7.29. The summed E-state index contributed by atoms with van der Waals surface area (Å²) in [5, 5.41) is 6.78. The molecule has 2 aromatic rings. The van der Waals surface area contributed by atoms with Gasteiger partial charge in [0.05, 0.1) is 6.04 Å². The maximum Gasteiger partial charge on any atom is 0.115 e. The Balaban J connectivity index is 1.72. The van der Waals surface area contributed by atoms with Crippen molar-refractivity contribution in [1.29, 1.82) is 0 Å². The second kappa shape index (κ2) is 6.37. The highest BCUT2D eigenvalue weighted by Gasteiger charge is 2.15. The minimum Gasteiger partial charge on any atom is -0.376 e. The summed E-state index contributed by atoms with van der Waals surface area (Å²) in [6.45, 7) is 5.69. The van der Waals surface area contributed by atoms with Gasteiger partial charge in [0.1, 0.15) is 5.01 Å². The van der Waals surface area contributed by atoms with Gasteiger partial charge in [0, 0.05) is 23.8 Å². The third-order valence-electron chi connectivity index (χ3n) is 3.80. The average Bonchev–Trinajstić information content (AvgIpc) is 3.13. The van der Waals surface area contributed by atoms with Crippen LogP contribution in [0, 0.1) is 0 Å². The number of nitrogens with one attached hydrogen (secondary N) is 1. The van der Waals surface area contributed by atoms with Crippen molar-refractivity contribution in [2.45, 2.75) is 32.4 Å². The number of hydrogen-bond donors (Lipinski definition) is 1. The van der Waals surface area contributed by atoms with Crippen LogP contribution in [0.5, 0.6) is 0 Å². The van der Waals surface area contributed by atoms with Crippen molar-refractivity contribution in [2.24, 2.45) is 0 Å². The van der Waals surface area contributed by atoms with Crippen LogP contribution < -0.4 is 5.32 Å². The molecule has 106 valence electrons. The Morgan fingerprint density at radius 1 is 1.30 bits per heavy atom. The fourth-order valence-electron chi connectivity index (χ4n) is 2.72. The third kappa shape index (κ3) is 3.19. The van der Waals surface area contributed by atoms with Gasteiger partial charge in [-0.1, -0.05) is 18.2 Å². The van der Waals surface area contributed by atoms with Gasteiger partial charge in [-0.25, -0.2) is 4.98 Å². The molecule has 1 aliphatic rings. The lowest BCUT2D eigenvalue weighted by Crippen LogP contribution is -2.19. The normalized spacial score (nSPS) is 17.2. The molecule has 1 fully saturated rings. The second-order valence-corrected chi connectivity index (χ2v) is 6.30. The molecule has 1 aromatic heterocycles. The maximum absolute atomic E-state index is 4.39. The van der Waals surface area contributed by atoms with Gasteiger partial charge in [-0.2, -0.15) is 0 Å². The highest BCUT2D eigenvalue weighted by Crippen LogP contribution is 2.25. The lowest BCUT2D eigenvalue weighted by atomic mass is 10.1. The van der Waals surface area contributed by atoms with E-state index in [1.165, 1.54) is 37.2 Å². The summed E-state index contributed by atoms with van der Waals surface area (Å²) < 4.78 is 0. The summed E-state index contributed by atoms with van der Waals surface area (Å²) in [6, 6.07) is 8.90. The fourth-order valence-corrected chi connectivity index (χ4v) is 3.37. The standard InChI is InChI=1S/C16H21N3S/c1-13(16-17-8-11-20-16)18-15-7-3-2-6-14(15)12-19-9-4-5-10-19/h2-3,6-8,11,13,18H,4-5,9-10,12H2,1H3. The summed E-state index contributed by atoms with van der Waals surface area (Å²) in [7, 11) is 0.